The summed E-state index contributed by atoms with van der Waals surface area (Å²) < 4.78 is 19.4. The fourth-order valence-electron chi connectivity index (χ4n) is 3.18. The largest absolute Gasteiger partial charge is 0.489 e. The van der Waals surface area contributed by atoms with Gasteiger partial charge in [-0.2, -0.15) is 0 Å². The third-order valence-corrected chi connectivity index (χ3v) is 5.54. The number of hydrogen-bond acceptors (Lipinski definition) is 7. The molecule has 1 amide bonds. The number of amides is 1. The lowest BCUT2D eigenvalue weighted by atomic mass is 10.2. The van der Waals surface area contributed by atoms with Crippen LogP contribution in [-0.4, -0.2) is 31.9 Å². The van der Waals surface area contributed by atoms with Crippen molar-refractivity contribution in [3.05, 3.63) is 58.9 Å². The van der Waals surface area contributed by atoms with Crippen LogP contribution in [0.3, 0.4) is 0 Å². The zero-order valence-electron chi connectivity index (χ0n) is 16.1. The van der Waals surface area contributed by atoms with Crippen LogP contribution in [0.25, 0.3) is 10.3 Å². The molecule has 0 aliphatic heterocycles. The average Bonchev–Trinajstić information content (AvgIpc) is 3.08. The highest BCUT2D eigenvalue weighted by Gasteiger charge is 2.35. The Morgan fingerprint density at radius 2 is 2.07 bits per heavy atom. The number of aromatic nitrogens is 4. The Hall–Kier alpha value is -3.53. The van der Waals surface area contributed by atoms with Crippen molar-refractivity contribution in [2.24, 2.45) is 0 Å². The lowest BCUT2D eigenvalue weighted by Gasteiger charge is -2.15. The minimum absolute atomic E-state index is 0.0515. The maximum Gasteiger partial charge on any atom is 0.281 e. The molecule has 0 atom stereocenters. The Bertz CT molecular complexity index is 1250. The monoisotopic (exact) mass is 424 g/mol. The second-order valence-electron chi connectivity index (χ2n) is 7.10. The molecular formula is C20H17FN6O2S. The van der Waals surface area contributed by atoms with Crippen LogP contribution in [0.2, 0.25) is 0 Å². The summed E-state index contributed by atoms with van der Waals surface area (Å²) in [5.74, 6) is 0.103. The van der Waals surface area contributed by atoms with Crippen molar-refractivity contribution in [3.8, 4) is 5.75 Å². The van der Waals surface area contributed by atoms with Crippen LogP contribution >= 0.6 is 11.3 Å². The normalized spacial score (nSPS) is 12.8. The smallest absolute Gasteiger partial charge is 0.281 e. The highest BCUT2D eigenvalue weighted by Crippen LogP contribution is 2.41. The molecule has 3 N–H and O–H groups in total. The van der Waals surface area contributed by atoms with Crippen molar-refractivity contribution in [3.63, 3.8) is 0 Å². The van der Waals surface area contributed by atoms with Gasteiger partial charge >= 0.3 is 0 Å². The van der Waals surface area contributed by atoms with Crippen molar-refractivity contribution in [1.82, 2.24) is 25.3 Å². The summed E-state index contributed by atoms with van der Waals surface area (Å²) in [6.07, 6.45) is 5.00. The van der Waals surface area contributed by atoms with Crippen molar-refractivity contribution in [1.29, 1.82) is 0 Å². The number of nitrogens with one attached hydrogen (secondary N) is 3. The van der Waals surface area contributed by atoms with Gasteiger partial charge in [0.25, 0.3) is 5.91 Å². The van der Waals surface area contributed by atoms with Gasteiger partial charge in [0.05, 0.1) is 17.8 Å². The number of anilines is 2. The molecule has 0 saturated heterocycles. The van der Waals surface area contributed by atoms with E-state index in [-0.39, 0.29) is 18.1 Å². The molecule has 0 bridgehead atoms. The van der Waals surface area contributed by atoms with E-state index in [4.69, 9.17) is 4.74 Å². The standard InChI is InChI=1S/C20H17FN6O2S/c1-9(2)29-14-5-10(21)3-4-13(14)25-17-16-19(24-8-23-17)30-20(27-16)18(28)26-15-11-6-22-7-12(11)15/h3-9,15,22H,1-2H3,(H,26,28)(H,23,24,25). The SMILES string of the molecule is CC(C)Oc1cc(F)ccc1Nc1ncnc2sc(C(=O)NC3c4c[nH]cc43)nc12. The molecule has 3 heterocycles. The number of ether oxygens (including phenoxy) is 1. The number of halogens is 1. The number of aromatic amines is 1. The molecule has 1 aliphatic rings. The molecular weight excluding hydrogens is 407 g/mol. The average molecular weight is 424 g/mol. The third kappa shape index (κ3) is 3.35. The van der Waals surface area contributed by atoms with Gasteiger partial charge in [0.1, 0.15) is 28.2 Å². The Balaban J connectivity index is 1.42. The van der Waals surface area contributed by atoms with Crippen LogP contribution in [0.1, 0.15) is 40.8 Å². The van der Waals surface area contributed by atoms with Gasteiger partial charge in [0.2, 0.25) is 0 Å². The van der Waals surface area contributed by atoms with E-state index >= 15 is 0 Å². The van der Waals surface area contributed by atoms with Crippen LogP contribution in [0.4, 0.5) is 15.9 Å². The van der Waals surface area contributed by atoms with Crippen LogP contribution in [-0.2, 0) is 0 Å². The Morgan fingerprint density at radius 3 is 2.83 bits per heavy atom. The molecule has 0 radical (unpaired) electrons. The molecule has 0 fully saturated rings. The predicted molar refractivity (Wildman–Crippen MR) is 111 cm³/mol. The topological polar surface area (TPSA) is 105 Å². The van der Waals surface area contributed by atoms with Crippen LogP contribution in [0, 0.1) is 5.82 Å². The summed E-state index contributed by atoms with van der Waals surface area (Å²) in [7, 11) is 0. The zero-order valence-corrected chi connectivity index (χ0v) is 16.9. The maximum atomic E-state index is 13.7. The van der Waals surface area contributed by atoms with E-state index < -0.39 is 5.82 Å². The fourth-order valence-corrected chi connectivity index (χ4v) is 3.99. The highest BCUT2D eigenvalue weighted by molar-refractivity contribution is 7.20. The summed E-state index contributed by atoms with van der Waals surface area (Å²) in [5.41, 5.74) is 3.17. The Morgan fingerprint density at radius 1 is 1.27 bits per heavy atom. The molecule has 30 heavy (non-hydrogen) atoms. The third-order valence-electron chi connectivity index (χ3n) is 4.57. The number of H-pyrrole nitrogens is 1. The summed E-state index contributed by atoms with van der Waals surface area (Å²) in [6.45, 7) is 3.72. The number of nitrogens with zero attached hydrogens (tertiary/aromatic N) is 3. The van der Waals surface area contributed by atoms with E-state index in [1.807, 2.05) is 26.2 Å². The van der Waals surface area contributed by atoms with Gasteiger partial charge in [-0.1, -0.05) is 11.3 Å². The van der Waals surface area contributed by atoms with Gasteiger partial charge < -0.3 is 20.4 Å². The highest BCUT2D eigenvalue weighted by atomic mass is 32.1. The molecule has 1 aromatic carbocycles. The first-order chi connectivity index (χ1) is 14.5. The summed E-state index contributed by atoms with van der Waals surface area (Å²) in [4.78, 5) is 29.1. The van der Waals surface area contributed by atoms with E-state index in [1.54, 1.807) is 6.07 Å². The molecule has 8 nitrogen and oxygen atoms in total. The number of carbonyl (C=O) groups is 1. The van der Waals surface area contributed by atoms with E-state index in [1.165, 1.54) is 29.8 Å². The van der Waals surface area contributed by atoms with E-state index in [0.29, 0.717) is 32.6 Å². The lowest BCUT2D eigenvalue weighted by molar-refractivity contribution is 0.0949. The van der Waals surface area contributed by atoms with Crippen molar-refractivity contribution in [2.45, 2.75) is 26.0 Å². The van der Waals surface area contributed by atoms with Crippen molar-refractivity contribution in [2.75, 3.05) is 5.32 Å². The van der Waals surface area contributed by atoms with E-state index in [0.717, 1.165) is 11.1 Å². The second-order valence-corrected chi connectivity index (χ2v) is 8.08. The maximum absolute atomic E-state index is 13.7. The van der Waals surface area contributed by atoms with E-state index in [2.05, 4.69) is 30.6 Å². The second kappa shape index (κ2) is 7.06. The fraction of sp³-hybridized carbons (Fsp3) is 0.200. The quantitative estimate of drug-likeness (QED) is 0.433. The first kappa shape index (κ1) is 18.5. The Labute approximate surface area is 174 Å². The van der Waals surface area contributed by atoms with Crippen molar-refractivity contribution < 1.29 is 13.9 Å². The van der Waals surface area contributed by atoms with Gasteiger partial charge in [0, 0.05) is 29.6 Å². The molecule has 3 aromatic heterocycles. The van der Waals surface area contributed by atoms with Gasteiger partial charge in [-0.25, -0.2) is 19.3 Å². The van der Waals surface area contributed by atoms with Crippen molar-refractivity contribution >= 4 is 39.1 Å². The number of benzene rings is 1. The summed E-state index contributed by atoms with van der Waals surface area (Å²) in [6, 6.07) is 4.16. The molecule has 4 aromatic rings. The number of hydrogen-bond donors (Lipinski definition) is 3. The molecule has 10 heteroatoms. The number of fused-ring (bicyclic) bond motifs is 2. The zero-order chi connectivity index (χ0) is 20.8. The number of rotatable bonds is 6. The molecule has 0 unspecified atom stereocenters. The minimum atomic E-state index is -0.401. The first-order valence-corrected chi connectivity index (χ1v) is 10.1. The molecule has 0 spiro atoms. The molecule has 152 valence electrons. The number of thiazole rings is 1. The van der Waals surface area contributed by atoms with E-state index in [9.17, 15) is 9.18 Å². The lowest BCUT2D eigenvalue weighted by Crippen LogP contribution is -2.21. The summed E-state index contributed by atoms with van der Waals surface area (Å²) in [5, 5.41) is 6.37. The van der Waals surface area contributed by atoms with Crippen LogP contribution in [0.5, 0.6) is 5.75 Å². The molecule has 0 saturated carbocycles. The van der Waals surface area contributed by atoms with Crippen LogP contribution < -0.4 is 15.4 Å². The first-order valence-electron chi connectivity index (χ1n) is 9.32. The number of carbonyl (C=O) groups excluding carboxylic acids is 1. The predicted octanol–water partition coefficient (Wildman–Crippen LogP) is 3.92. The van der Waals surface area contributed by atoms with Crippen LogP contribution in [0.15, 0.2) is 36.9 Å². The van der Waals surface area contributed by atoms with Gasteiger partial charge in [-0.15, -0.1) is 0 Å². The van der Waals surface area contributed by atoms with Gasteiger partial charge in [0.15, 0.2) is 10.8 Å². The van der Waals surface area contributed by atoms with Gasteiger partial charge in [-0.3, -0.25) is 4.79 Å². The van der Waals surface area contributed by atoms with Gasteiger partial charge in [-0.05, 0) is 26.0 Å². The minimum Gasteiger partial charge on any atom is -0.489 e. The summed E-state index contributed by atoms with van der Waals surface area (Å²) >= 11 is 1.19. The Kier molecular flexibility index (Phi) is 4.35. The molecule has 5 rings (SSSR count). The molecule has 1 aliphatic carbocycles.